The van der Waals surface area contributed by atoms with Crippen LogP contribution in [0, 0.1) is 0 Å². The fourth-order valence-corrected chi connectivity index (χ4v) is 3.73. The van der Waals surface area contributed by atoms with Gasteiger partial charge in [-0.2, -0.15) is 15.3 Å². The summed E-state index contributed by atoms with van der Waals surface area (Å²) in [6.07, 6.45) is 10.3. The zero-order chi connectivity index (χ0) is 19.6. The minimum atomic E-state index is 0.00306. The monoisotopic (exact) mass is 385 g/mol. The molecule has 1 fully saturated rings. The Labute approximate surface area is 167 Å². The number of fused-ring (bicyclic) bond motifs is 1. The Hall–Kier alpha value is -3.68. The Kier molecular flexibility index (Phi) is 4.44. The van der Waals surface area contributed by atoms with Crippen molar-refractivity contribution in [2.45, 2.75) is 18.8 Å². The fourth-order valence-electron chi connectivity index (χ4n) is 3.73. The summed E-state index contributed by atoms with van der Waals surface area (Å²) in [5.74, 6) is 1.09. The van der Waals surface area contributed by atoms with Crippen molar-refractivity contribution in [1.29, 1.82) is 0 Å². The summed E-state index contributed by atoms with van der Waals surface area (Å²) in [6.45, 7) is 1.37. The van der Waals surface area contributed by atoms with Crippen molar-refractivity contribution in [3.8, 4) is 11.1 Å². The Bertz CT molecular complexity index is 1140. The van der Waals surface area contributed by atoms with E-state index < -0.39 is 0 Å². The van der Waals surface area contributed by atoms with Gasteiger partial charge < -0.3 is 4.90 Å². The van der Waals surface area contributed by atoms with Crippen LogP contribution in [0.2, 0.25) is 0 Å². The van der Waals surface area contributed by atoms with Crippen LogP contribution < -0.4 is 0 Å². The highest BCUT2D eigenvalue weighted by Crippen LogP contribution is 2.27. The van der Waals surface area contributed by atoms with Gasteiger partial charge in [0.15, 0.2) is 11.5 Å². The second kappa shape index (κ2) is 7.38. The average Bonchev–Trinajstić information content (AvgIpc) is 3.23. The largest absolute Gasteiger partial charge is 0.339 e. The first-order chi connectivity index (χ1) is 14.3. The summed E-state index contributed by atoms with van der Waals surface area (Å²) in [5.41, 5.74) is 3.58. The maximum Gasteiger partial charge on any atom is 0.255 e. The van der Waals surface area contributed by atoms with Crippen molar-refractivity contribution in [1.82, 2.24) is 34.7 Å². The molecule has 8 nitrogen and oxygen atoms in total. The minimum Gasteiger partial charge on any atom is -0.339 e. The van der Waals surface area contributed by atoms with Crippen molar-refractivity contribution < 1.29 is 4.79 Å². The average molecular weight is 385 g/mol. The number of hydrogen-bond acceptors (Lipinski definition) is 6. The number of carbonyl (C=O) groups is 1. The van der Waals surface area contributed by atoms with Crippen LogP contribution in [0.5, 0.6) is 0 Å². The third kappa shape index (κ3) is 3.44. The van der Waals surface area contributed by atoms with Gasteiger partial charge in [-0.1, -0.05) is 0 Å². The molecule has 0 saturated carbocycles. The Morgan fingerprint density at radius 1 is 0.931 bits per heavy atom. The molecule has 0 unspecified atom stereocenters. The van der Waals surface area contributed by atoms with Crippen LogP contribution in [0.3, 0.4) is 0 Å². The first-order valence-corrected chi connectivity index (χ1v) is 9.60. The number of carbonyl (C=O) groups excluding carboxylic acids is 1. The Balaban J connectivity index is 1.31. The Morgan fingerprint density at radius 3 is 2.52 bits per heavy atom. The highest BCUT2D eigenvalue weighted by molar-refractivity contribution is 5.93. The van der Waals surface area contributed by atoms with Crippen LogP contribution in [0.4, 0.5) is 0 Å². The molecule has 8 heteroatoms. The highest BCUT2D eigenvalue weighted by atomic mass is 16.2. The standard InChI is InChI=1S/C21H19N7O/c29-21(17-5-10-23-24-13-17)27-11-6-16(7-12-27)20-25-19-2-1-18(14-28(19)26-20)15-3-8-22-9-4-15/h1-5,8-10,13-14,16H,6-7,11-12H2. The van der Waals surface area contributed by atoms with E-state index in [2.05, 4.69) is 15.2 Å². The number of pyridine rings is 2. The lowest BCUT2D eigenvalue weighted by Gasteiger charge is -2.30. The van der Waals surface area contributed by atoms with Crippen molar-refractivity contribution in [2.24, 2.45) is 0 Å². The molecule has 0 atom stereocenters. The molecule has 4 aromatic rings. The molecule has 4 aromatic heterocycles. The summed E-state index contributed by atoms with van der Waals surface area (Å²) in [6, 6.07) is 9.69. The number of amides is 1. The van der Waals surface area contributed by atoms with Gasteiger partial charge in [-0.25, -0.2) is 9.50 Å². The van der Waals surface area contributed by atoms with Gasteiger partial charge in [-0.15, -0.1) is 0 Å². The number of piperidine rings is 1. The third-order valence-electron chi connectivity index (χ3n) is 5.34. The van der Waals surface area contributed by atoms with Gasteiger partial charge in [0.2, 0.25) is 0 Å². The van der Waals surface area contributed by atoms with Crippen LogP contribution in [0.1, 0.15) is 34.9 Å². The van der Waals surface area contributed by atoms with Gasteiger partial charge in [-0.3, -0.25) is 9.78 Å². The van der Waals surface area contributed by atoms with E-state index in [0.29, 0.717) is 18.7 Å². The lowest BCUT2D eigenvalue weighted by molar-refractivity contribution is 0.0710. The molecule has 1 aliphatic heterocycles. The van der Waals surface area contributed by atoms with E-state index in [1.807, 2.05) is 39.9 Å². The molecule has 0 N–H and O–H groups in total. The van der Waals surface area contributed by atoms with Crippen LogP contribution >= 0.6 is 0 Å². The molecule has 29 heavy (non-hydrogen) atoms. The van der Waals surface area contributed by atoms with Gasteiger partial charge in [0.05, 0.1) is 18.0 Å². The molecular formula is C21H19N7O. The topological polar surface area (TPSA) is 89.2 Å². The van der Waals surface area contributed by atoms with Crippen molar-refractivity contribution in [3.05, 3.63) is 72.7 Å². The lowest BCUT2D eigenvalue weighted by Crippen LogP contribution is -2.38. The molecule has 1 saturated heterocycles. The molecule has 144 valence electrons. The molecule has 1 amide bonds. The normalized spacial score (nSPS) is 15.0. The molecule has 0 radical (unpaired) electrons. The second-order valence-corrected chi connectivity index (χ2v) is 7.12. The van der Waals surface area contributed by atoms with E-state index in [1.165, 1.54) is 6.20 Å². The SMILES string of the molecule is O=C(c1ccnnc1)N1CCC(c2nc3ccc(-c4ccncc4)cn3n2)CC1. The lowest BCUT2D eigenvalue weighted by atomic mass is 9.96. The van der Waals surface area contributed by atoms with E-state index in [4.69, 9.17) is 10.1 Å². The molecule has 0 aromatic carbocycles. The van der Waals surface area contributed by atoms with Gasteiger partial charge in [-0.05, 0) is 48.7 Å². The van der Waals surface area contributed by atoms with Crippen LogP contribution in [-0.4, -0.2) is 53.7 Å². The van der Waals surface area contributed by atoms with Crippen LogP contribution in [-0.2, 0) is 0 Å². The third-order valence-corrected chi connectivity index (χ3v) is 5.34. The summed E-state index contributed by atoms with van der Waals surface area (Å²) in [4.78, 5) is 23.2. The number of aromatic nitrogens is 6. The zero-order valence-corrected chi connectivity index (χ0v) is 15.7. The highest BCUT2D eigenvalue weighted by Gasteiger charge is 2.27. The summed E-state index contributed by atoms with van der Waals surface area (Å²) in [7, 11) is 0. The summed E-state index contributed by atoms with van der Waals surface area (Å²) >= 11 is 0. The predicted molar refractivity (Wildman–Crippen MR) is 106 cm³/mol. The molecule has 1 aliphatic rings. The number of likely N-dealkylation sites (tertiary alicyclic amines) is 1. The van der Waals surface area contributed by atoms with E-state index in [9.17, 15) is 4.79 Å². The fraction of sp³-hybridized carbons (Fsp3) is 0.238. The predicted octanol–water partition coefficient (Wildman–Crippen LogP) is 2.60. The van der Waals surface area contributed by atoms with Crippen LogP contribution in [0.25, 0.3) is 16.8 Å². The van der Waals surface area contributed by atoms with Crippen LogP contribution in [0.15, 0.2) is 61.3 Å². The van der Waals surface area contributed by atoms with E-state index in [1.54, 1.807) is 24.7 Å². The first kappa shape index (κ1) is 17.4. The van der Waals surface area contributed by atoms with E-state index >= 15 is 0 Å². The maximum atomic E-state index is 12.6. The summed E-state index contributed by atoms with van der Waals surface area (Å²) < 4.78 is 1.84. The maximum absolute atomic E-state index is 12.6. The molecule has 0 aliphatic carbocycles. The molecular weight excluding hydrogens is 366 g/mol. The van der Waals surface area contributed by atoms with Crippen molar-refractivity contribution in [2.75, 3.05) is 13.1 Å². The van der Waals surface area contributed by atoms with Gasteiger partial charge in [0.1, 0.15) is 0 Å². The van der Waals surface area contributed by atoms with Gasteiger partial charge in [0, 0.05) is 43.2 Å². The first-order valence-electron chi connectivity index (χ1n) is 9.60. The zero-order valence-electron chi connectivity index (χ0n) is 15.7. The van der Waals surface area contributed by atoms with Gasteiger partial charge in [0.25, 0.3) is 5.91 Å². The minimum absolute atomic E-state index is 0.00306. The molecule has 0 spiro atoms. The molecule has 5 heterocycles. The Morgan fingerprint density at radius 2 is 1.76 bits per heavy atom. The van der Waals surface area contributed by atoms with Crippen molar-refractivity contribution in [3.63, 3.8) is 0 Å². The van der Waals surface area contributed by atoms with Crippen molar-refractivity contribution >= 4 is 11.6 Å². The summed E-state index contributed by atoms with van der Waals surface area (Å²) in [5, 5.41) is 12.2. The van der Waals surface area contributed by atoms with Gasteiger partial charge >= 0.3 is 0 Å². The van der Waals surface area contributed by atoms with E-state index in [-0.39, 0.29) is 11.8 Å². The smallest absolute Gasteiger partial charge is 0.255 e. The number of rotatable bonds is 3. The quantitative estimate of drug-likeness (QED) is 0.539. The van der Waals surface area contributed by atoms with E-state index in [0.717, 1.165) is 35.4 Å². The molecule has 0 bridgehead atoms. The molecule has 5 rings (SSSR count). The number of nitrogens with zero attached hydrogens (tertiary/aromatic N) is 7. The number of hydrogen-bond donors (Lipinski definition) is 0. The second-order valence-electron chi connectivity index (χ2n) is 7.12.